The van der Waals surface area contributed by atoms with E-state index >= 15 is 0 Å². The van der Waals surface area contributed by atoms with Crippen LogP contribution in [0.2, 0.25) is 0 Å². The van der Waals surface area contributed by atoms with Gasteiger partial charge in [0.25, 0.3) is 5.56 Å². The van der Waals surface area contributed by atoms with Crippen molar-refractivity contribution in [3.8, 4) is 5.75 Å². The molecule has 1 N–H and O–H groups in total. The van der Waals surface area contributed by atoms with Gasteiger partial charge >= 0.3 is 0 Å². The Morgan fingerprint density at radius 2 is 1.95 bits per heavy atom. The van der Waals surface area contributed by atoms with Crippen LogP contribution in [0.1, 0.15) is 22.5 Å². The lowest BCUT2D eigenvalue weighted by Gasteiger charge is -2.05. The highest BCUT2D eigenvalue weighted by Crippen LogP contribution is 2.22. The van der Waals surface area contributed by atoms with Crippen molar-refractivity contribution < 1.29 is 5.11 Å². The first-order chi connectivity index (χ1) is 10.5. The van der Waals surface area contributed by atoms with Crippen LogP contribution in [0.15, 0.2) is 33.5 Å². The zero-order valence-electron chi connectivity index (χ0n) is 12.5. The molecule has 3 rings (SSSR count). The zero-order chi connectivity index (χ0) is 15.9. The monoisotopic (exact) mass is 313 g/mol. The molecule has 2 aromatic heterocycles. The number of nitrogens with zero attached hydrogens (tertiary/aromatic N) is 3. The molecule has 0 radical (unpaired) electrons. The SMILES string of the molecule is Cc1cc(/C=N/n2c(C)nc3sccc3c2=O)cc(C)c1O. The molecule has 0 spiro atoms. The lowest BCUT2D eigenvalue weighted by atomic mass is 10.1. The van der Waals surface area contributed by atoms with Gasteiger partial charge in [0.1, 0.15) is 16.4 Å². The van der Waals surface area contributed by atoms with Gasteiger partial charge < -0.3 is 5.11 Å². The first-order valence-corrected chi connectivity index (χ1v) is 7.67. The molecule has 0 fully saturated rings. The van der Waals surface area contributed by atoms with E-state index in [-0.39, 0.29) is 11.3 Å². The van der Waals surface area contributed by atoms with E-state index in [1.807, 2.05) is 31.4 Å². The van der Waals surface area contributed by atoms with E-state index < -0.39 is 0 Å². The van der Waals surface area contributed by atoms with Crippen LogP contribution in [0, 0.1) is 20.8 Å². The van der Waals surface area contributed by atoms with E-state index in [0.717, 1.165) is 21.5 Å². The maximum atomic E-state index is 12.4. The Bertz CT molecular complexity index is 931. The van der Waals surface area contributed by atoms with Crippen LogP contribution in [0.5, 0.6) is 5.75 Å². The van der Waals surface area contributed by atoms with Gasteiger partial charge in [-0.05, 0) is 61.0 Å². The summed E-state index contributed by atoms with van der Waals surface area (Å²) in [5.41, 5.74) is 2.20. The van der Waals surface area contributed by atoms with Gasteiger partial charge in [0.15, 0.2) is 0 Å². The first-order valence-electron chi connectivity index (χ1n) is 6.79. The van der Waals surface area contributed by atoms with Gasteiger partial charge in [0, 0.05) is 0 Å². The first kappa shape index (κ1) is 14.5. The molecule has 5 nitrogen and oxygen atoms in total. The van der Waals surface area contributed by atoms with Crippen LogP contribution in [0.4, 0.5) is 0 Å². The largest absolute Gasteiger partial charge is 0.507 e. The summed E-state index contributed by atoms with van der Waals surface area (Å²) >= 11 is 1.44. The summed E-state index contributed by atoms with van der Waals surface area (Å²) in [6, 6.07) is 5.40. The normalized spacial score (nSPS) is 11.6. The third kappa shape index (κ3) is 2.42. The highest BCUT2D eigenvalue weighted by atomic mass is 32.1. The summed E-state index contributed by atoms with van der Waals surface area (Å²) in [5, 5.41) is 16.5. The van der Waals surface area contributed by atoms with Gasteiger partial charge in [0.2, 0.25) is 0 Å². The van der Waals surface area contributed by atoms with Crippen molar-refractivity contribution in [2.24, 2.45) is 5.10 Å². The fraction of sp³-hybridized carbons (Fsp3) is 0.188. The molecule has 0 saturated heterocycles. The van der Waals surface area contributed by atoms with Gasteiger partial charge in [-0.25, -0.2) is 4.98 Å². The van der Waals surface area contributed by atoms with E-state index in [9.17, 15) is 9.90 Å². The average molecular weight is 313 g/mol. The summed E-state index contributed by atoms with van der Waals surface area (Å²) in [4.78, 5) is 17.5. The Kier molecular flexibility index (Phi) is 3.54. The molecule has 22 heavy (non-hydrogen) atoms. The number of hydrogen-bond donors (Lipinski definition) is 1. The van der Waals surface area contributed by atoms with E-state index in [1.165, 1.54) is 16.0 Å². The van der Waals surface area contributed by atoms with E-state index in [2.05, 4.69) is 10.1 Å². The fourth-order valence-corrected chi connectivity index (χ4v) is 3.13. The molecule has 1 aromatic carbocycles. The standard InChI is InChI=1S/C16H15N3O2S/c1-9-6-12(7-10(2)14(9)20)8-17-19-11(3)18-15-13(16(19)21)4-5-22-15/h4-8,20H,1-3H3/b17-8+. The molecule has 6 heteroatoms. The molecule has 0 aliphatic heterocycles. The van der Waals surface area contributed by atoms with E-state index in [4.69, 9.17) is 0 Å². The number of fused-ring (bicyclic) bond motifs is 1. The van der Waals surface area contributed by atoms with Crippen molar-refractivity contribution in [2.75, 3.05) is 0 Å². The van der Waals surface area contributed by atoms with Crippen LogP contribution in [-0.4, -0.2) is 21.0 Å². The third-order valence-corrected chi connectivity index (χ3v) is 4.28. The Hall–Kier alpha value is -2.47. The second-order valence-electron chi connectivity index (χ2n) is 5.16. The number of phenols is 1. The summed E-state index contributed by atoms with van der Waals surface area (Å²) in [7, 11) is 0. The number of aromatic hydroxyl groups is 1. The summed E-state index contributed by atoms with van der Waals surface area (Å²) < 4.78 is 1.30. The van der Waals surface area contributed by atoms with Gasteiger partial charge in [-0.1, -0.05) is 0 Å². The lowest BCUT2D eigenvalue weighted by Crippen LogP contribution is -2.19. The number of aryl methyl sites for hydroxylation is 3. The molecule has 0 aliphatic rings. The van der Waals surface area contributed by atoms with Crippen molar-refractivity contribution in [2.45, 2.75) is 20.8 Å². The Morgan fingerprint density at radius 3 is 2.64 bits per heavy atom. The van der Waals surface area contributed by atoms with Gasteiger partial charge in [0.05, 0.1) is 11.6 Å². The van der Waals surface area contributed by atoms with Crippen LogP contribution in [0.3, 0.4) is 0 Å². The van der Waals surface area contributed by atoms with Crippen LogP contribution >= 0.6 is 11.3 Å². The second kappa shape index (κ2) is 5.38. The van der Waals surface area contributed by atoms with Crippen LogP contribution in [-0.2, 0) is 0 Å². The summed E-state index contributed by atoms with van der Waals surface area (Å²) in [6.07, 6.45) is 1.60. The highest BCUT2D eigenvalue weighted by Gasteiger charge is 2.08. The zero-order valence-corrected chi connectivity index (χ0v) is 13.3. The molecule has 0 atom stereocenters. The van der Waals surface area contributed by atoms with Gasteiger partial charge in [-0.2, -0.15) is 9.78 Å². The average Bonchev–Trinajstić information content (AvgIpc) is 2.92. The maximum Gasteiger partial charge on any atom is 0.282 e. The van der Waals surface area contributed by atoms with Crippen LogP contribution in [0.25, 0.3) is 10.2 Å². The number of rotatable bonds is 2. The van der Waals surface area contributed by atoms with E-state index in [1.54, 1.807) is 19.2 Å². The molecular weight excluding hydrogens is 298 g/mol. The van der Waals surface area contributed by atoms with E-state index in [0.29, 0.717) is 11.2 Å². The predicted octanol–water partition coefficient (Wildman–Crippen LogP) is 2.97. The van der Waals surface area contributed by atoms with Crippen LogP contribution < -0.4 is 5.56 Å². The third-order valence-electron chi connectivity index (χ3n) is 3.47. The lowest BCUT2D eigenvalue weighted by molar-refractivity contribution is 0.467. The number of thiophene rings is 1. The molecule has 0 bridgehead atoms. The second-order valence-corrected chi connectivity index (χ2v) is 6.06. The molecular formula is C16H15N3O2S. The van der Waals surface area contributed by atoms with Gasteiger partial charge in [-0.3, -0.25) is 4.79 Å². The topological polar surface area (TPSA) is 67.5 Å². The Labute approximate surface area is 131 Å². The smallest absolute Gasteiger partial charge is 0.282 e. The molecule has 0 saturated carbocycles. The molecule has 3 aromatic rings. The maximum absolute atomic E-state index is 12.4. The predicted molar refractivity (Wildman–Crippen MR) is 89.2 cm³/mol. The van der Waals surface area contributed by atoms with Crippen molar-refractivity contribution in [3.05, 3.63) is 56.4 Å². The molecule has 112 valence electrons. The highest BCUT2D eigenvalue weighted by molar-refractivity contribution is 7.16. The quantitative estimate of drug-likeness (QED) is 0.740. The summed E-state index contributed by atoms with van der Waals surface area (Å²) in [6.45, 7) is 5.41. The molecule has 0 unspecified atom stereocenters. The number of hydrogen-bond acceptors (Lipinski definition) is 5. The minimum atomic E-state index is -0.174. The molecule has 0 aliphatic carbocycles. The Morgan fingerprint density at radius 1 is 1.27 bits per heavy atom. The van der Waals surface area contributed by atoms with Crippen molar-refractivity contribution in [1.82, 2.24) is 9.66 Å². The summed E-state index contributed by atoms with van der Waals surface area (Å²) in [5.74, 6) is 0.829. The fourth-order valence-electron chi connectivity index (χ4n) is 2.33. The Balaban J connectivity index is 2.08. The van der Waals surface area contributed by atoms with Crippen molar-refractivity contribution in [3.63, 3.8) is 0 Å². The molecule has 0 amide bonds. The van der Waals surface area contributed by atoms with Gasteiger partial charge in [-0.15, -0.1) is 11.3 Å². The minimum absolute atomic E-state index is 0.174. The van der Waals surface area contributed by atoms with Crippen molar-refractivity contribution in [1.29, 1.82) is 0 Å². The minimum Gasteiger partial charge on any atom is -0.507 e. The van der Waals surface area contributed by atoms with Crippen molar-refractivity contribution >= 4 is 27.8 Å². The number of aromatic nitrogens is 2. The number of phenolic OH excluding ortho intramolecular Hbond substituents is 1. The molecule has 2 heterocycles. The number of benzene rings is 1.